The van der Waals surface area contributed by atoms with Crippen molar-refractivity contribution < 1.29 is 21.6 Å². The first-order valence-electron chi connectivity index (χ1n) is 10.6. The predicted molar refractivity (Wildman–Crippen MR) is 127 cm³/mol. The Hall–Kier alpha value is -3.50. The van der Waals surface area contributed by atoms with Gasteiger partial charge in [-0.25, -0.2) is 13.4 Å². The highest BCUT2D eigenvalue weighted by molar-refractivity contribution is 7.89. The van der Waals surface area contributed by atoms with Crippen molar-refractivity contribution in [3.8, 4) is 5.69 Å². The topological polar surface area (TPSA) is 72.3 Å². The Morgan fingerprint density at radius 1 is 0.971 bits per heavy atom. The minimum Gasteiger partial charge on any atom is -0.268 e. The molecule has 6 nitrogen and oxygen atoms in total. The standard InChI is InChI=1S/C25H22F3N3O3S/c1-16-8-13-22(17(2)14-16)31-23(29-21-7-5-4-6-20(21)24(31)32)15-30(3)35(33,34)19-11-9-18(10-12-19)25(26,27)28/h4-14H,15H2,1-3H3. The monoisotopic (exact) mass is 501 g/mol. The maximum atomic E-state index is 13.5. The molecule has 0 unspecified atom stereocenters. The molecule has 1 heterocycles. The largest absolute Gasteiger partial charge is 0.416 e. The Balaban J connectivity index is 1.81. The molecule has 0 atom stereocenters. The van der Waals surface area contributed by atoms with Crippen molar-refractivity contribution in [2.24, 2.45) is 0 Å². The molecule has 0 aliphatic rings. The number of alkyl halides is 3. The van der Waals surface area contributed by atoms with E-state index in [1.54, 1.807) is 30.3 Å². The second kappa shape index (κ2) is 8.94. The Labute approximate surface area is 200 Å². The molecule has 0 amide bonds. The van der Waals surface area contributed by atoms with Gasteiger partial charge < -0.3 is 0 Å². The van der Waals surface area contributed by atoms with Crippen LogP contribution in [0.4, 0.5) is 13.2 Å². The van der Waals surface area contributed by atoms with Crippen molar-refractivity contribution in [1.82, 2.24) is 13.9 Å². The molecule has 0 saturated carbocycles. The lowest BCUT2D eigenvalue weighted by atomic mass is 10.1. The van der Waals surface area contributed by atoms with Crippen LogP contribution in [-0.2, 0) is 22.7 Å². The van der Waals surface area contributed by atoms with Gasteiger partial charge in [0.25, 0.3) is 5.56 Å². The van der Waals surface area contributed by atoms with Crippen molar-refractivity contribution in [2.45, 2.75) is 31.5 Å². The summed E-state index contributed by atoms with van der Waals surface area (Å²) >= 11 is 0. The molecule has 0 aliphatic heterocycles. The summed E-state index contributed by atoms with van der Waals surface area (Å²) in [7, 11) is -2.88. The highest BCUT2D eigenvalue weighted by Crippen LogP contribution is 2.30. The fourth-order valence-corrected chi connectivity index (χ4v) is 4.99. The van der Waals surface area contributed by atoms with Gasteiger partial charge in [0.1, 0.15) is 5.82 Å². The van der Waals surface area contributed by atoms with E-state index in [9.17, 15) is 26.4 Å². The Morgan fingerprint density at radius 3 is 2.26 bits per heavy atom. The van der Waals surface area contributed by atoms with Gasteiger partial charge in [-0.1, -0.05) is 29.8 Å². The van der Waals surface area contributed by atoms with Gasteiger partial charge in [0, 0.05) is 7.05 Å². The number of rotatable bonds is 5. The number of sulfonamides is 1. The summed E-state index contributed by atoms with van der Waals surface area (Å²) in [6, 6.07) is 15.6. The van der Waals surface area contributed by atoms with Crippen molar-refractivity contribution in [1.29, 1.82) is 0 Å². The summed E-state index contributed by atoms with van der Waals surface area (Å²) in [4.78, 5) is 17.7. The van der Waals surface area contributed by atoms with Gasteiger partial charge in [0.05, 0.1) is 33.6 Å². The minimum atomic E-state index is -4.58. The molecule has 10 heteroatoms. The number of hydrogen-bond donors (Lipinski definition) is 0. The first-order chi connectivity index (χ1) is 16.4. The number of nitrogens with zero attached hydrogens (tertiary/aromatic N) is 3. The van der Waals surface area contributed by atoms with Crippen molar-refractivity contribution in [3.63, 3.8) is 0 Å². The van der Waals surface area contributed by atoms with Crippen LogP contribution in [0.3, 0.4) is 0 Å². The van der Waals surface area contributed by atoms with Crippen LogP contribution in [0.2, 0.25) is 0 Å². The molecule has 0 aliphatic carbocycles. The summed E-state index contributed by atoms with van der Waals surface area (Å²) in [6.45, 7) is 3.48. The van der Waals surface area contributed by atoms with E-state index in [2.05, 4.69) is 4.98 Å². The van der Waals surface area contributed by atoms with Crippen LogP contribution in [0.15, 0.2) is 76.4 Å². The third kappa shape index (κ3) is 4.71. The quantitative estimate of drug-likeness (QED) is 0.392. The van der Waals surface area contributed by atoms with Gasteiger partial charge in [-0.15, -0.1) is 0 Å². The lowest BCUT2D eigenvalue weighted by Crippen LogP contribution is -2.32. The molecule has 35 heavy (non-hydrogen) atoms. The van der Waals surface area contributed by atoms with Crippen molar-refractivity contribution in [2.75, 3.05) is 7.05 Å². The molecule has 0 bridgehead atoms. The van der Waals surface area contributed by atoms with E-state index >= 15 is 0 Å². The summed E-state index contributed by atoms with van der Waals surface area (Å²) in [6.07, 6.45) is -4.58. The highest BCUT2D eigenvalue weighted by atomic mass is 32.2. The highest BCUT2D eigenvalue weighted by Gasteiger charge is 2.31. The number of aromatic nitrogens is 2. The minimum absolute atomic E-state index is 0.179. The van der Waals surface area contributed by atoms with Gasteiger partial charge in [-0.05, 0) is 61.9 Å². The third-order valence-corrected chi connectivity index (χ3v) is 7.51. The lowest BCUT2D eigenvalue weighted by Gasteiger charge is -2.21. The van der Waals surface area contributed by atoms with Crippen molar-refractivity contribution in [3.05, 3.63) is 99.6 Å². The number of benzene rings is 3. The van der Waals surface area contributed by atoms with E-state index in [0.29, 0.717) is 16.6 Å². The zero-order valence-electron chi connectivity index (χ0n) is 19.2. The maximum absolute atomic E-state index is 13.5. The number of hydrogen-bond acceptors (Lipinski definition) is 4. The molecule has 0 radical (unpaired) electrons. The number of halogens is 3. The van der Waals surface area contributed by atoms with Gasteiger partial charge in [-0.3, -0.25) is 9.36 Å². The van der Waals surface area contributed by atoms with Crippen LogP contribution in [0, 0.1) is 13.8 Å². The summed E-state index contributed by atoms with van der Waals surface area (Å²) in [5.74, 6) is 0.179. The molecule has 0 fully saturated rings. The summed E-state index contributed by atoms with van der Waals surface area (Å²) in [5, 5.41) is 0.379. The van der Waals surface area contributed by atoms with Crippen LogP contribution in [0.25, 0.3) is 16.6 Å². The van der Waals surface area contributed by atoms with Crippen molar-refractivity contribution >= 4 is 20.9 Å². The average molecular weight is 502 g/mol. The van der Waals surface area contributed by atoms with Gasteiger partial charge in [0.2, 0.25) is 10.0 Å². The molecule has 0 saturated heterocycles. The molecular formula is C25H22F3N3O3S. The van der Waals surface area contributed by atoms with Crippen LogP contribution >= 0.6 is 0 Å². The van der Waals surface area contributed by atoms with E-state index in [0.717, 1.165) is 39.7 Å². The molecule has 4 rings (SSSR count). The fourth-order valence-electron chi connectivity index (χ4n) is 3.87. The molecule has 4 aromatic rings. The normalized spacial score (nSPS) is 12.4. The van der Waals surface area contributed by atoms with E-state index in [4.69, 9.17) is 0 Å². The van der Waals surface area contributed by atoms with E-state index in [1.165, 1.54) is 11.6 Å². The Bertz CT molecular complexity index is 1580. The number of para-hydroxylation sites is 1. The third-order valence-electron chi connectivity index (χ3n) is 5.69. The molecule has 3 aromatic carbocycles. The number of fused-ring (bicyclic) bond motifs is 1. The van der Waals surface area contributed by atoms with E-state index < -0.39 is 21.8 Å². The zero-order valence-corrected chi connectivity index (χ0v) is 20.0. The zero-order chi connectivity index (χ0) is 25.5. The molecule has 0 spiro atoms. The second-order valence-electron chi connectivity index (χ2n) is 8.26. The van der Waals surface area contributed by atoms with E-state index in [-0.39, 0.29) is 22.8 Å². The first kappa shape index (κ1) is 24.6. The molecular weight excluding hydrogens is 479 g/mol. The SMILES string of the molecule is Cc1ccc(-n2c(CN(C)S(=O)(=O)c3ccc(C(F)(F)F)cc3)nc3ccccc3c2=O)c(C)c1. The number of aryl methyl sites for hydroxylation is 2. The average Bonchev–Trinajstić information content (AvgIpc) is 2.80. The first-order valence-corrected chi connectivity index (χ1v) is 12.1. The van der Waals surface area contributed by atoms with Crippen LogP contribution in [-0.4, -0.2) is 29.3 Å². The predicted octanol–water partition coefficient (Wildman–Crippen LogP) is 4.84. The molecule has 1 aromatic heterocycles. The van der Waals surface area contributed by atoms with Crippen LogP contribution < -0.4 is 5.56 Å². The Kier molecular flexibility index (Phi) is 6.29. The Morgan fingerprint density at radius 2 is 1.63 bits per heavy atom. The van der Waals surface area contributed by atoms with Gasteiger partial charge >= 0.3 is 6.18 Å². The maximum Gasteiger partial charge on any atom is 0.416 e. The molecule has 182 valence electrons. The second-order valence-corrected chi connectivity index (χ2v) is 10.3. The smallest absolute Gasteiger partial charge is 0.268 e. The fraction of sp³-hybridized carbons (Fsp3) is 0.200. The summed E-state index contributed by atoms with van der Waals surface area (Å²) in [5.41, 5.74) is 1.48. The van der Waals surface area contributed by atoms with Crippen LogP contribution in [0.5, 0.6) is 0 Å². The van der Waals surface area contributed by atoms with Crippen LogP contribution in [0.1, 0.15) is 22.5 Å². The van der Waals surface area contributed by atoms with Gasteiger partial charge in [-0.2, -0.15) is 17.5 Å². The lowest BCUT2D eigenvalue weighted by molar-refractivity contribution is -0.137. The summed E-state index contributed by atoms with van der Waals surface area (Å²) < 4.78 is 67.3. The molecule has 0 N–H and O–H groups in total. The van der Waals surface area contributed by atoms with E-state index in [1.807, 2.05) is 26.0 Å². The van der Waals surface area contributed by atoms with Gasteiger partial charge in [0.15, 0.2) is 0 Å².